The second-order valence-electron chi connectivity index (χ2n) is 6.07. The number of hydrogen-bond acceptors (Lipinski definition) is 6. The zero-order valence-electron chi connectivity index (χ0n) is 14.8. The maximum absolute atomic E-state index is 12.8. The van der Waals surface area contributed by atoms with Crippen molar-refractivity contribution >= 4 is 45.5 Å². The third kappa shape index (κ3) is 4.28. The van der Waals surface area contributed by atoms with Crippen LogP contribution in [0.25, 0.3) is 11.0 Å². The molecule has 0 saturated heterocycles. The molecule has 0 saturated carbocycles. The number of furan rings is 1. The molecule has 4 rings (SSSR count). The summed E-state index contributed by atoms with van der Waals surface area (Å²) in [7, 11) is 0. The van der Waals surface area contributed by atoms with Crippen molar-refractivity contribution in [1.82, 2.24) is 0 Å². The summed E-state index contributed by atoms with van der Waals surface area (Å²) in [6.07, 6.45) is 0. The van der Waals surface area contributed by atoms with Crippen LogP contribution in [0.15, 0.2) is 93.3 Å². The summed E-state index contributed by atoms with van der Waals surface area (Å²) in [5.74, 6) is 0.714. The summed E-state index contributed by atoms with van der Waals surface area (Å²) in [5, 5.41) is 10.4. The molecule has 5 nitrogen and oxygen atoms in total. The molecule has 142 valence electrons. The number of benzene rings is 3. The van der Waals surface area contributed by atoms with E-state index in [9.17, 15) is 4.55 Å². The van der Waals surface area contributed by atoms with Gasteiger partial charge < -0.3 is 8.97 Å². The molecule has 0 amide bonds. The van der Waals surface area contributed by atoms with Gasteiger partial charge in [-0.15, -0.1) is 11.8 Å². The Labute approximate surface area is 170 Å². The fraction of sp³-hybridized carbons (Fsp3) is 0.0476. The normalized spacial score (nSPS) is 12.1. The van der Waals surface area contributed by atoms with E-state index in [1.807, 2.05) is 66.7 Å². The first kappa shape index (κ1) is 18.8. The lowest BCUT2D eigenvalue weighted by Gasteiger charge is -2.12. The van der Waals surface area contributed by atoms with E-state index >= 15 is 0 Å². The standard InChI is InChI=1S/C21H18N2O3S2/c24-22-17-8-5-6-15(12-17)14-27-20-11-4-2-9-18(20)23-28(25)21-13-16-7-1-3-10-19(16)26-21/h1-13,22-24H,14H2. The predicted octanol–water partition coefficient (Wildman–Crippen LogP) is 5.66. The van der Waals surface area contributed by atoms with E-state index in [1.54, 1.807) is 23.9 Å². The van der Waals surface area contributed by atoms with Gasteiger partial charge in [0, 0.05) is 22.1 Å². The van der Waals surface area contributed by atoms with Crippen molar-refractivity contribution in [1.29, 1.82) is 0 Å². The quantitative estimate of drug-likeness (QED) is 0.207. The van der Waals surface area contributed by atoms with Crippen molar-refractivity contribution in [3.05, 3.63) is 84.4 Å². The van der Waals surface area contributed by atoms with Crippen LogP contribution in [0.4, 0.5) is 11.4 Å². The maximum atomic E-state index is 12.8. The smallest absolute Gasteiger partial charge is 0.339 e. The highest BCUT2D eigenvalue weighted by Gasteiger charge is 2.19. The molecule has 0 spiro atoms. The molecular weight excluding hydrogens is 392 g/mol. The van der Waals surface area contributed by atoms with Gasteiger partial charge in [-0.1, -0.05) is 42.5 Å². The minimum absolute atomic E-state index is 0.391. The molecule has 0 aliphatic carbocycles. The van der Waals surface area contributed by atoms with Gasteiger partial charge in [0.15, 0.2) is 0 Å². The van der Waals surface area contributed by atoms with Gasteiger partial charge in [0.2, 0.25) is 0 Å². The number of rotatable bonds is 7. The summed E-state index contributed by atoms with van der Waals surface area (Å²) in [5.41, 5.74) is 5.37. The summed E-state index contributed by atoms with van der Waals surface area (Å²) in [6.45, 7) is 0. The summed E-state index contributed by atoms with van der Waals surface area (Å²) >= 11 is 0.121. The number of anilines is 2. The summed E-state index contributed by atoms with van der Waals surface area (Å²) in [6, 6.07) is 24.7. The van der Waals surface area contributed by atoms with E-state index in [0.717, 1.165) is 21.5 Å². The first-order valence-corrected chi connectivity index (χ1v) is 10.7. The lowest BCUT2D eigenvalue weighted by Crippen LogP contribution is -2.12. The van der Waals surface area contributed by atoms with Gasteiger partial charge in [0.05, 0.1) is 11.4 Å². The highest BCUT2D eigenvalue weighted by molar-refractivity contribution is 7.98. The molecule has 0 fully saturated rings. The molecule has 4 aromatic rings. The lowest BCUT2D eigenvalue weighted by atomic mass is 10.2. The van der Waals surface area contributed by atoms with Crippen LogP contribution < -0.4 is 10.2 Å². The Hall–Kier alpha value is -2.58. The summed E-state index contributed by atoms with van der Waals surface area (Å²) < 4.78 is 21.5. The van der Waals surface area contributed by atoms with E-state index in [0.29, 0.717) is 22.1 Å². The highest BCUT2D eigenvalue weighted by Crippen LogP contribution is 2.32. The van der Waals surface area contributed by atoms with Gasteiger partial charge >= 0.3 is 5.09 Å². The predicted molar refractivity (Wildman–Crippen MR) is 114 cm³/mol. The maximum Gasteiger partial charge on any atom is 0.339 e. The molecule has 3 N–H and O–H groups in total. The van der Waals surface area contributed by atoms with Crippen LogP contribution >= 0.6 is 11.8 Å². The average molecular weight is 411 g/mol. The van der Waals surface area contributed by atoms with Crippen LogP contribution in [-0.4, -0.2) is 9.76 Å². The molecule has 0 aliphatic rings. The SMILES string of the molecule is [O-][S+](Nc1ccccc1SCc1cccc(NO)c1)c1cc2ccccc2o1. The highest BCUT2D eigenvalue weighted by atomic mass is 32.2. The van der Waals surface area contributed by atoms with E-state index in [1.165, 1.54) is 0 Å². The number of thioether (sulfide) groups is 1. The van der Waals surface area contributed by atoms with Gasteiger partial charge in [-0.3, -0.25) is 10.7 Å². The van der Waals surface area contributed by atoms with Crippen LogP contribution in [0.1, 0.15) is 5.56 Å². The Morgan fingerprint density at radius 3 is 2.64 bits per heavy atom. The molecule has 1 unspecified atom stereocenters. The average Bonchev–Trinajstić information content (AvgIpc) is 3.18. The van der Waals surface area contributed by atoms with Crippen LogP contribution in [0.3, 0.4) is 0 Å². The van der Waals surface area contributed by atoms with Crippen molar-refractivity contribution in [2.75, 3.05) is 10.2 Å². The number of hydrogen-bond donors (Lipinski definition) is 3. The van der Waals surface area contributed by atoms with Crippen molar-refractivity contribution in [3.8, 4) is 0 Å². The van der Waals surface area contributed by atoms with Gasteiger partial charge in [0.25, 0.3) is 0 Å². The summed E-state index contributed by atoms with van der Waals surface area (Å²) in [4.78, 5) is 0.981. The lowest BCUT2D eigenvalue weighted by molar-refractivity contribution is 0.389. The van der Waals surface area contributed by atoms with Crippen molar-refractivity contribution in [2.24, 2.45) is 0 Å². The molecule has 7 heteroatoms. The minimum atomic E-state index is -1.50. The fourth-order valence-electron chi connectivity index (χ4n) is 2.77. The Bertz CT molecular complexity index is 1050. The first-order valence-electron chi connectivity index (χ1n) is 8.61. The molecule has 3 aromatic carbocycles. The zero-order chi connectivity index (χ0) is 19.3. The topological polar surface area (TPSA) is 80.5 Å². The Balaban J connectivity index is 1.49. The largest absolute Gasteiger partial charge is 0.585 e. The Kier molecular flexibility index (Phi) is 5.78. The minimum Gasteiger partial charge on any atom is -0.585 e. The van der Waals surface area contributed by atoms with Crippen LogP contribution in [-0.2, 0) is 17.1 Å². The molecule has 1 atom stereocenters. The van der Waals surface area contributed by atoms with Gasteiger partial charge in [0.1, 0.15) is 16.9 Å². The van der Waals surface area contributed by atoms with E-state index in [-0.39, 0.29) is 0 Å². The molecule has 1 heterocycles. The van der Waals surface area contributed by atoms with Crippen LogP contribution in [0.5, 0.6) is 0 Å². The second-order valence-corrected chi connectivity index (χ2v) is 8.23. The molecule has 0 radical (unpaired) electrons. The third-order valence-electron chi connectivity index (χ3n) is 4.13. The molecule has 0 bridgehead atoms. The monoisotopic (exact) mass is 410 g/mol. The molecule has 1 aromatic heterocycles. The van der Waals surface area contributed by atoms with Crippen LogP contribution in [0, 0.1) is 0 Å². The molecular formula is C21H18N2O3S2. The van der Waals surface area contributed by atoms with Crippen molar-refractivity contribution < 1.29 is 14.2 Å². The first-order chi connectivity index (χ1) is 13.7. The molecule has 0 aliphatic heterocycles. The van der Waals surface area contributed by atoms with E-state index in [4.69, 9.17) is 9.62 Å². The van der Waals surface area contributed by atoms with Crippen molar-refractivity contribution in [3.63, 3.8) is 0 Å². The molecule has 28 heavy (non-hydrogen) atoms. The zero-order valence-corrected chi connectivity index (χ0v) is 16.4. The second kappa shape index (κ2) is 8.62. The van der Waals surface area contributed by atoms with Gasteiger partial charge in [-0.25, -0.2) is 0 Å². The van der Waals surface area contributed by atoms with Gasteiger partial charge in [-0.05, 0) is 35.9 Å². The van der Waals surface area contributed by atoms with E-state index < -0.39 is 11.4 Å². The van der Waals surface area contributed by atoms with Crippen molar-refractivity contribution in [2.45, 2.75) is 15.7 Å². The Morgan fingerprint density at radius 1 is 0.964 bits per heavy atom. The van der Waals surface area contributed by atoms with Crippen LogP contribution in [0.2, 0.25) is 0 Å². The number of para-hydroxylation sites is 2. The number of nitrogens with one attached hydrogen (secondary N) is 2. The fourth-order valence-corrected chi connectivity index (χ4v) is 4.66. The number of fused-ring (bicyclic) bond motifs is 1. The third-order valence-corrected chi connectivity index (χ3v) is 6.24. The van der Waals surface area contributed by atoms with E-state index in [2.05, 4.69) is 10.2 Å². The van der Waals surface area contributed by atoms with Gasteiger partial charge in [-0.2, -0.15) is 4.72 Å². The Morgan fingerprint density at radius 2 is 1.79 bits per heavy atom.